The second kappa shape index (κ2) is 8.48. The molecule has 106 valence electrons. The Morgan fingerprint density at radius 3 is 2.61 bits per heavy atom. The van der Waals surface area contributed by atoms with Crippen LogP contribution in [0.2, 0.25) is 0 Å². The molecule has 3 N–H and O–H groups in total. The van der Waals surface area contributed by atoms with Crippen molar-refractivity contribution >= 4 is 5.91 Å². The molecule has 1 aliphatic rings. The highest BCUT2D eigenvalue weighted by Gasteiger charge is 2.20. The molecule has 1 rings (SSSR count). The van der Waals surface area contributed by atoms with Crippen LogP contribution in [-0.2, 0) is 4.79 Å². The maximum atomic E-state index is 11.3. The van der Waals surface area contributed by atoms with Crippen molar-refractivity contribution in [3.63, 3.8) is 0 Å². The zero-order valence-corrected chi connectivity index (χ0v) is 12.0. The van der Waals surface area contributed by atoms with Gasteiger partial charge >= 0.3 is 0 Å². The van der Waals surface area contributed by atoms with Crippen molar-refractivity contribution in [2.75, 3.05) is 20.1 Å². The number of nitrogens with one attached hydrogen (secondary N) is 1. The molecule has 0 heterocycles. The first-order valence-electron chi connectivity index (χ1n) is 7.38. The van der Waals surface area contributed by atoms with Crippen LogP contribution < -0.4 is 11.1 Å². The number of hydrogen-bond acceptors (Lipinski definition) is 3. The Balaban J connectivity index is 2.28. The molecule has 0 saturated heterocycles. The quantitative estimate of drug-likeness (QED) is 0.691. The minimum Gasteiger partial charge on any atom is -0.368 e. The van der Waals surface area contributed by atoms with Crippen molar-refractivity contribution in [2.45, 2.75) is 64.0 Å². The molecule has 0 aromatic rings. The lowest BCUT2D eigenvalue weighted by Crippen LogP contribution is -2.44. The van der Waals surface area contributed by atoms with E-state index in [9.17, 15) is 4.79 Å². The number of carbonyl (C=O) groups is 1. The zero-order valence-electron chi connectivity index (χ0n) is 12.0. The van der Waals surface area contributed by atoms with Crippen molar-refractivity contribution in [2.24, 2.45) is 5.73 Å². The summed E-state index contributed by atoms with van der Waals surface area (Å²) >= 11 is 0. The van der Waals surface area contributed by atoms with Gasteiger partial charge in [-0.2, -0.15) is 0 Å². The molecular weight excluding hydrogens is 226 g/mol. The summed E-state index contributed by atoms with van der Waals surface area (Å²) in [6, 6.07) is 0.537. The number of hydrogen-bond donors (Lipinski definition) is 2. The van der Waals surface area contributed by atoms with Gasteiger partial charge in [0.05, 0.1) is 6.04 Å². The molecule has 1 amide bonds. The molecule has 4 heteroatoms. The van der Waals surface area contributed by atoms with E-state index in [1.54, 1.807) is 0 Å². The van der Waals surface area contributed by atoms with Gasteiger partial charge in [-0.3, -0.25) is 4.79 Å². The summed E-state index contributed by atoms with van der Waals surface area (Å²) in [6.07, 6.45) is 8.54. The highest BCUT2D eigenvalue weighted by Crippen LogP contribution is 2.21. The fourth-order valence-corrected chi connectivity index (χ4v) is 2.70. The van der Waals surface area contributed by atoms with Crippen LogP contribution in [0, 0.1) is 0 Å². The second-order valence-electron chi connectivity index (χ2n) is 5.47. The molecule has 0 spiro atoms. The fourth-order valence-electron chi connectivity index (χ4n) is 2.70. The number of carbonyl (C=O) groups excluding carboxylic acids is 1. The van der Waals surface area contributed by atoms with Crippen LogP contribution in [0.4, 0.5) is 0 Å². The van der Waals surface area contributed by atoms with Crippen LogP contribution in [0.15, 0.2) is 0 Å². The van der Waals surface area contributed by atoms with E-state index in [0.717, 1.165) is 25.9 Å². The second-order valence-corrected chi connectivity index (χ2v) is 5.47. The Morgan fingerprint density at radius 1 is 1.39 bits per heavy atom. The standard InChI is InChI=1S/C14H29N3O/c1-3-10-16-13(14(15)18)9-11-17(2)12-7-5-4-6-8-12/h12-13,16H,3-11H2,1-2H3,(H2,15,18). The van der Waals surface area contributed by atoms with Gasteiger partial charge in [0.1, 0.15) is 0 Å². The van der Waals surface area contributed by atoms with E-state index >= 15 is 0 Å². The summed E-state index contributed by atoms with van der Waals surface area (Å²) in [7, 11) is 2.17. The minimum atomic E-state index is -0.222. The molecule has 4 nitrogen and oxygen atoms in total. The first-order chi connectivity index (χ1) is 8.65. The SMILES string of the molecule is CCCNC(CCN(C)C1CCCCC1)C(N)=O. The molecule has 18 heavy (non-hydrogen) atoms. The molecule has 1 fully saturated rings. The van der Waals surface area contributed by atoms with Crippen LogP contribution in [0.3, 0.4) is 0 Å². The van der Waals surface area contributed by atoms with Gasteiger partial charge in [-0.25, -0.2) is 0 Å². The first kappa shape index (κ1) is 15.4. The Labute approximate surface area is 111 Å². The Hall–Kier alpha value is -0.610. The van der Waals surface area contributed by atoms with Crippen molar-refractivity contribution in [3.8, 4) is 0 Å². The van der Waals surface area contributed by atoms with Crippen molar-refractivity contribution in [1.29, 1.82) is 0 Å². The summed E-state index contributed by atoms with van der Waals surface area (Å²) in [6.45, 7) is 3.91. The van der Waals surface area contributed by atoms with Gasteiger partial charge in [-0.1, -0.05) is 26.2 Å². The van der Waals surface area contributed by atoms with Crippen molar-refractivity contribution in [1.82, 2.24) is 10.2 Å². The van der Waals surface area contributed by atoms with Crippen LogP contribution in [0.1, 0.15) is 51.9 Å². The molecule has 0 aliphatic heterocycles. The maximum absolute atomic E-state index is 11.3. The molecule has 1 saturated carbocycles. The summed E-state index contributed by atoms with van der Waals surface area (Å²) in [5.41, 5.74) is 5.42. The molecular formula is C14H29N3O. The summed E-state index contributed by atoms with van der Waals surface area (Å²) in [5, 5.41) is 3.23. The van der Waals surface area contributed by atoms with E-state index in [1.807, 2.05) is 0 Å². The summed E-state index contributed by atoms with van der Waals surface area (Å²) < 4.78 is 0. The van der Waals surface area contributed by atoms with Crippen LogP contribution >= 0.6 is 0 Å². The fraction of sp³-hybridized carbons (Fsp3) is 0.929. The lowest BCUT2D eigenvalue weighted by molar-refractivity contribution is -0.120. The van der Waals surface area contributed by atoms with Crippen molar-refractivity contribution in [3.05, 3.63) is 0 Å². The van der Waals surface area contributed by atoms with Gasteiger partial charge in [0.2, 0.25) is 5.91 Å². The van der Waals surface area contributed by atoms with Crippen LogP contribution in [-0.4, -0.2) is 43.0 Å². The van der Waals surface area contributed by atoms with Gasteiger partial charge in [-0.05, 0) is 39.3 Å². The summed E-state index contributed by atoms with van der Waals surface area (Å²) in [4.78, 5) is 13.7. The predicted octanol–water partition coefficient (Wildman–Crippen LogP) is 1.49. The first-order valence-corrected chi connectivity index (χ1v) is 7.38. The molecule has 0 radical (unpaired) electrons. The highest BCUT2D eigenvalue weighted by molar-refractivity contribution is 5.79. The van der Waals surface area contributed by atoms with E-state index in [4.69, 9.17) is 5.73 Å². The Morgan fingerprint density at radius 2 is 2.06 bits per heavy atom. The van der Waals surface area contributed by atoms with Crippen molar-refractivity contribution < 1.29 is 4.79 Å². The van der Waals surface area contributed by atoms with Gasteiger partial charge in [0.15, 0.2) is 0 Å². The number of rotatable bonds is 8. The van der Waals surface area contributed by atoms with E-state index < -0.39 is 0 Å². The third-order valence-electron chi connectivity index (χ3n) is 3.95. The molecule has 1 atom stereocenters. The highest BCUT2D eigenvalue weighted by atomic mass is 16.1. The number of nitrogens with zero attached hydrogens (tertiary/aromatic N) is 1. The Bertz CT molecular complexity index is 239. The van der Waals surface area contributed by atoms with E-state index in [0.29, 0.717) is 6.04 Å². The van der Waals surface area contributed by atoms with Gasteiger partial charge in [-0.15, -0.1) is 0 Å². The van der Waals surface area contributed by atoms with Gasteiger partial charge in [0.25, 0.3) is 0 Å². The van der Waals surface area contributed by atoms with E-state index in [-0.39, 0.29) is 11.9 Å². The number of primary amides is 1. The largest absolute Gasteiger partial charge is 0.368 e. The topological polar surface area (TPSA) is 58.4 Å². The average molecular weight is 255 g/mol. The average Bonchev–Trinajstić information content (AvgIpc) is 2.39. The van der Waals surface area contributed by atoms with Crippen LogP contribution in [0.25, 0.3) is 0 Å². The molecule has 1 aliphatic carbocycles. The number of nitrogens with two attached hydrogens (primary N) is 1. The van der Waals surface area contributed by atoms with Crippen LogP contribution in [0.5, 0.6) is 0 Å². The number of amides is 1. The molecule has 0 bridgehead atoms. The lowest BCUT2D eigenvalue weighted by Gasteiger charge is -2.32. The maximum Gasteiger partial charge on any atom is 0.234 e. The molecule has 0 aromatic heterocycles. The monoisotopic (exact) mass is 255 g/mol. The van der Waals surface area contributed by atoms with E-state index in [1.165, 1.54) is 32.1 Å². The third kappa shape index (κ3) is 5.36. The Kier molecular flexibility index (Phi) is 7.28. The van der Waals surface area contributed by atoms with Gasteiger partial charge in [0, 0.05) is 12.6 Å². The normalized spacial score (nSPS) is 19.1. The molecule has 1 unspecified atom stereocenters. The smallest absolute Gasteiger partial charge is 0.234 e. The lowest BCUT2D eigenvalue weighted by atomic mass is 9.94. The third-order valence-corrected chi connectivity index (χ3v) is 3.95. The summed E-state index contributed by atoms with van der Waals surface area (Å²) in [5.74, 6) is -0.222. The van der Waals surface area contributed by atoms with Gasteiger partial charge < -0.3 is 16.0 Å². The zero-order chi connectivity index (χ0) is 13.4. The van der Waals surface area contributed by atoms with E-state index in [2.05, 4.69) is 24.2 Å². The molecule has 0 aromatic carbocycles. The minimum absolute atomic E-state index is 0.170. The predicted molar refractivity (Wildman–Crippen MR) is 75.4 cm³/mol.